The van der Waals surface area contributed by atoms with Crippen LogP contribution in [0.1, 0.15) is 25.3 Å². The summed E-state index contributed by atoms with van der Waals surface area (Å²) in [5.41, 5.74) is 0.167. The van der Waals surface area contributed by atoms with Crippen molar-refractivity contribution in [2.45, 2.75) is 42.7 Å². The van der Waals surface area contributed by atoms with Crippen LogP contribution in [-0.2, 0) is 34.6 Å². The Bertz CT molecular complexity index is 917. The smallest absolute Gasteiger partial charge is 0.335 e. The maximum atomic E-state index is 13.3. The molecule has 1 aliphatic carbocycles. The Morgan fingerprint density at radius 3 is 2.83 bits per heavy atom. The monoisotopic (exact) mass is 448 g/mol. The van der Waals surface area contributed by atoms with E-state index in [0.29, 0.717) is 0 Å². The molecule has 3 atom stereocenters. The van der Waals surface area contributed by atoms with Gasteiger partial charge in [0.05, 0.1) is 36.4 Å². The van der Waals surface area contributed by atoms with Crippen LogP contribution < -0.4 is 0 Å². The predicted molar refractivity (Wildman–Crippen MR) is 102 cm³/mol. The molecule has 0 saturated carbocycles. The highest BCUT2D eigenvalue weighted by Gasteiger charge is 2.48. The van der Waals surface area contributed by atoms with Crippen LogP contribution in [0.15, 0.2) is 29.8 Å². The summed E-state index contributed by atoms with van der Waals surface area (Å²) in [6.45, 7) is 1.56. The molecule has 0 amide bonds. The van der Waals surface area contributed by atoms with E-state index in [1.54, 1.807) is 6.92 Å². The van der Waals surface area contributed by atoms with Crippen molar-refractivity contribution in [1.82, 2.24) is 0 Å². The van der Waals surface area contributed by atoms with E-state index in [2.05, 4.69) is 0 Å². The zero-order valence-electron chi connectivity index (χ0n) is 15.8. The minimum atomic E-state index is -3.89. The Hall–Kier alpha value is -1.52. The molecule has 0 aromatic heterocycles. The molecule has 29 heavy (non-hydrogen) atoms. The number of rotatable bonds is 6. The summed E-state index contributed by atoms with van der Waals surface area (Å²) >= 11 is 5.98. The third kappa shape index (κ3) is 4.80. The molecule has 1 saturated heterocycles. The zero-order chi connectivity index (χ0) is 21.2. The summed E-state index contributed by atoms with van der Waals surface area (Å²) in [6, 6.07) is 3.48. The first-order chi connectivity index (χ1) is 13.7. The Morgan fingerprint density at radius 1 is 1.45 bits per heavy atom. The molecular formula is C19H22ClFO7S. The van der Waals surface area contributed by atoms with Gasteiger partial charge in [-0.05, 0) is 37.1 Å². The van der Waals surface area contributed by atoms with Gasteiger partial charge in [-0.2, -0.15) is 0 Å². The number of ether oxygens (including phenoxy) is 3. The molecule has 1 N–H and O–H groups in total. The van der Waals surface area contributed by atoms with Gasteiger partial charge in [-0.1, -0.05) is 17.7 Å². The SMILES string of the molecule is CCOC(=O)C1=CC2(CCC1S(=O)(=O)Cc1ccc(F)cc1Cl)OC[C@H](CO)O2. The highest BCUT2D eigenvalue weighted by Crippen LogP contribution is 2.39. The molecule has 2 unspecified atom stereocenters. The number of carbonyl (C=O) groups is 1. The van der Waals surface area contributed by atoms with Gasteiger partial charge >= 0.3 is 5.97 Å². The average molecular weight is 449 g/mol. The summed E-state index contributed by atoms with van der Waals surface area (Å²) in [7, 11) is -3.89. The second-order valence-corrected chi connectivity index (χ2v) is 9.53. The van der Waals surface area contributed by atoms with Crippen LogP contribution in [0.25, 0.3) is 0 Å². The van der Waals surface area contributed by atoms with Crippen molar-refractivity contribution in [2.24, 2.45) is 0 Å². The summed E-state index contributed by atoms with van der Waals surface area (Å²) in [4.78, 5) is 12.5. The summed E-state index contributed by atoms with van der Waals surface area (Å²) in [5, 5.41) is 8.13. The summed E-state index contributed by atoms with van der Waals surface area (Å²) < 4.78 is 55.9. The van der Waals surface area contributed by atoms with Crippen LogP contribution in [-0.4, -0.2) is 56.5 Å². The molecule has 1 spiro atoms. The van der Waals surface area contributed by atoms with Crippen molar-refractivity contribution < 1.29 is 36.9 Å². The van der Waals surface area contributed by atoms with Gasteiger partial charge in [0.1, 0.15) is 11.9 Å². The van der Waals surface area contributed by atoms with Crippen LogP contribution in [0.2, 0.25) is 5.02 Å². The van der Waals surface area contributed by atoms with Crippen molar-refractivity contribution in [2.75, 3.05) is 19.8 Å². The molecule has 10 heteroatoms. The molecular weight excluding hydrogens is 427 g/mol. The van der Waals surface area contributed by atoms with Crippen LogP contribution >= 0.6 is 11.6 Å². The summed E-state index contributed by atoms with van der Waals surface area (Å²) in [5.74, 6) is -3.07. The number of aliphatic hydroxyl groups excluding tert-OH is 1. The molecule has 2 aliphatic rings. The van der Waals surface area contributed by atoms with Crippen molar-refractivity contribution in [3.63, 3.8) is 0 Å². The minimum absolute atomic E-state index is 0.00392. The van der Waals surface area contributed by atoms with Gasteiger partial charge in [0.2, 0.25) is 0 Å². The highest BCUT2D eigenvalue weighted by molar-refractivity contribution is 7.91. The topological polar surface area (TPSA) is 99.1 Å². The Kier molecular flexibility index (Phi) is 6.64. The first-order valence-electron chi connectivity index (χ1n) is 9.17. The van der Waals surface area contributed by atoms with Crippen LogP contribution in [0, 0.1) is 5.82 Å². The molecule has 1 aromatic rings. The fourth-order valence-corrected chi connectivity index (χ4v) is 5.73. The number of carbonyl (C=O) groups excluding carboxylic acids is 1. The maximum absolute atomic E-state index is 13.3. The van der Waals surface area contributed by atoms with E-state index in [-0.39, 0.29) is 48.8 Å². The van der Waals surface area contributed by atoms with Gasteiger partial charge in [0.15, 0.2) is 15.6 Å². The first kappa shape index (κ1) is 22.2. The zero-order valence-corrected chi connectivity index (χ0v) is 17.3. The third-order valence-electron chi connectivity index (χ3n) is 4.88. The van der Waals surface area contributed by atoms with Gasteiger partial charge in [-0.15, -0.1) is 0 Å². The van der Waals surface area contributed by atoms with E-state index in [4.69, 9.17) is 25.8 Å². The molecule has 7 nitrogen and oxygen atoms in total. The fourth-order valence-electron chi connectivity index (χ4n) is 3.50. The minimum Gasteiger partial charge on any atom is -0.463 e. The first-order valence-corrected chi connectivity index (χ1v) is 11.3. The maximum Gasteiger partial charge on any atom is 0.335 e. The van der Waals surface area contributed by atoms with Gasteiger partial charge in [0.25, 0.3) is 0 Å². The normalized spacial score (nSPS) is 27.1. The van der Waals surface area contributed by atoms with Gasteiger partial charge in [0, 0.05) is 11.4 Å². The number of aliphatic hydroxyl groups is 1. The molecule has 1 aromatic carbocycles. The van der Waals surface area contributed by atoms with E-state index >= 15 is 0 Å². The van der Waals surface area contributed by atoms with E-state index in [1.807, 2.05) is 0 Å². The Labute approximate surface area is 173 Å². The molecule has 0 radical (unpaired) electrons. The van der Waals surface area contributed by atoms with E-state index < -0.39 is 44.5 Å². The fraction of sp³-hybridized carbons (Fsp3) is 0.526. The molecule has 1 aliphatic heterocycles. The highest BCUT2D eigenvalue weighted by atomic mass is 35.5. The summed E-state index contributed by atoms with van der Waals surface area (Å²) in [6.07, 6.45) is 1.04. The number of esters is 1. The van der Waals surface area contributed by atoms with Crippen molar-refractivity contribution in [3.8, 4) is 0 Å². The van der Waals surface area contributed by atoms with Crippen LogP contribution in [0.4, 0.5) is 4.39 Å². The van der Waals surface area contributed by atoms with Crippen LogP contribution in [0.3, 0.4) is 0 Å². The van der Waals surface area contributed by atoms with E-state index in [9.17, 15) is 22.7 Å². The average Bonchev–Trinajstić information content (AvgIpc) is 3.06. The molecule has 1 heterocycles. The molecule has 3 rings (SSSR count). The predicted octanol–water partition coefficient (Wildman–Crippen LogP) is 2.15. The standard InChI is InChI=1S/C19H22ClFO7S/c1-2-26-18(23)15-8-19(27-10-14(9-22)28-19)6-5-17(15)29(24,25)11-12-3-4-13(21)7-16(12)20/h3-4,7-8,14,17,22H,2,5-6,9-11H2,1H3/t14-,17?,19?/m0/s1. The Morgan fingerprint density at radius 2 is 2.21 bits per heavy atom. The lowest BCUT2D eigenvalue weighted by atomic mass is 9.94. The lowest BCUT2D eigenvalue weighted by Crippen LogP contribution is -2.41. The number of benzene rings is 1. The van der Waals surface area contributed by atoms with Gasteiger partial charge < -0.3 is 19.3 Å². The molecule has 0 bridgehead atoms. The van der Waals surface area contributed by atoms with Crippen molar-refractivity contribution in [1.29, 1.82) is 0 Å². The van der Waals surface area contributed by atoms with E-state index in [0.717, 1.165) is 12.1 Å². The molecule has 1 fully saturated rings. The third-order valence-corrected chi connectivity index (χ3v) is 7.30. The lowest BCUT2D eigenvalue weighted by Gasteiger charge is -2.33. The lowest BCUT2D eigenvalue weighted by molar-refractivity contribution is -0.148. The van der Waals surface area contributed by atoms with Crippen LogP contribution in [0.5, 0.6) is 0 Å². The number of halogens is 2. The van der Waals surface area contributed by atoms with E-state index in [1.165, 1.54) is 12.1 Å². The quantitative estimate of drug-likeness (QED) is 0.665. The number of hydrogen-bond donors (Lipinski definition) is 1. The second-order valence-electron chi connectivity index (χ2n) is 6.94. The molecule has 160 valence electrons. The van der Waals surface area contributed by atoms with Crippen molar-refractivity contribution in [3.05, 3.63) is 46.3 Å². The number of hydrogen-bond acceptors (Lipinski definition) is 7. The van der Waals surface area contributed by atoms with Gasteiger partial charge in [-0.25, -0.2) is 17.6 Å². The van der Waals surface area contributed by atoms with Gasteiger partial charge in [-0.3, -0.25) is 0 Å². The number of sulfone groups is 1. The Balaban J connectivity index is 1.93. The largest absolute Gasteiger partial charge is 0.463 e. The van der Waals surface area contributed by atoms with Crippen molar-refractivity contribution >= 4 is 27.4 Å². The second kappa shape index (κ2) is 8.69.